The van der Waals surface area contributed by atoms with E-state index in [1.807, 2.05) is 25.1 Å². The summed E-state index contributed by atoms with van der Waals surface area (Å²) >= 11 is 4.76. The summed E-state index contributed by atoms with van der Waals surface area (Å²) in [4.78, 5) is 32.7. The second-order valence-corrected chi connectivity index (χ2v) is 10.6. The molecule has 9 nitrogen and oxygen atoms in total. The number of carbonyl (C=O) groups excluding carboxylic acids is 1. The summed E-state index contributed by atoms with van der Waals surface area (Å²) in [6.45, 7) is 3.82. The van der Waals surface area contributed by atoms with Crippen molar-refractivity contribution in [2.75, 3.05) is 27.4 Å². The predicted octanol–water partition coefficient (Wildman–Crippen LogP) is 4.26. The van der Waals surface area contributed by atoms with E-state index in [2.05, 4.69) is 15.9 Å². The van der Waals surface area contributed by atoms with Crippen LogP contribution in [0.15, 0.2) is 61.9 Å². The van der Waals surface area contributed by atoms with Crippen LogP contribution in [0.3, 0.4) is 0 Å². The molecule has 11 heteroatoms. The number of ether oxygens (including phenoxy) is 4. The Balaban J connectivity index is 1.97. The molecule has 0 saturated carbocycles. The van der Waals surface area contributed by atoms with Gasteiger partial charge in [-0.25, -0.2) is 9.79 Å². The van der Waals surface area contributed by atoms with Gasteiger partial charge in [-0.05, 0) is 55.3 Å². The normalized spacial score (nSPS) is 14.7. The van der Waals surface area contributed by atoms with Gasteiger partial charge in [0.15, 0.2) is 22.9 Å². The van der Waals surface area contributed by atoms with Crippen LogP contribution in [0.1, 0.15) is 43.9 Å². The van der Waals surface area contributed by atoms with Crippen molar-refractivity contribution in [3.05, 3.63) is 83.0 Å². The van der Waals surface area contributed by atoms with Crippen LogP contribution in [-0.2, 0) is 9.53 Å². The zero-order chi connectivity index (χ0) is 28.8. The molecule has 0 radical (unpaired) electrons. The Labute approximate surface area is 243 Å². The van der Waals surface area contributed by atoms with E-state index in [4.69, 9.17) is 29.2 Å². The Kier molecular flexibility index (Phi) is 9.45. The lowest BCUT2D eigenvalue weighted by Crippen LogP contribution is -2.40. The summed E-state index contributed by atoms with van der Waals surface area (Å²) in [5.41, 5.74) is 1.93. The molecule has 3 aromatic rings. The molecule has 0 aliphatic carbocycles. The minimum atomic E-state index is -0.803. The first-order valence-electron chi connectivity index (χ1n) is 12.6. The number of hydrogen-bond acceptors (Lipinski definition) is 9. The summed E-state index contributed by atoms with van der Waals surface area (Å²) in [6, 6.07) is 11.8. The molecule has 1 aliphatic rings. The third-order valence-corrected chi connectivity index (χ3v) is 7.63. The first-order valence-corrected chi connectivity index (χ1v) is 14.2. The molecule has 0 amide bonds. The number of halogens is 1. The molecule has 0 unspecified atom stereocenters. The number of fused-ring (bicyclic) bond motifs is 1. The number of aromatic nitrogens is 1. The molecule has 1 aliphatic heterocycles. The van der Waals surface area contributed by atoms with Gasteiger partial charge < -0.3 is 18.9 Å². The zero-order valence-corrected chi connectivity index (χ0v) is 24.9. The number of benzene rings is 2. The highest BCUT2D eigenvalue weighted by Gasteiger charge is 2.36. The first-order chi connectivity index (χ1) is 19.4. The number of carbonyl (C=O) groups is 1. The van der Waals surface area contributed by atoms with E-state index in [1.54, 1.807) is 44.4 Å². The number of methoxy groups -OCH3 is 2. The average Bonchev–Trinajstić information content (AvgIpc) is 3.25. The van der Waals surface area contributed by atoms with E-state index in [1.165, 1.54) is 23.0 Å². The topological polar surface area (TPSA) is 112 Å². The molecule has 0 saturated heterocycles. The number of thiazole rings is 1. The first kappa shape index (κ1) is 29.1. The molecule has 2 heterocycles. The Morgan fingerprint density at radius 3 is 2.58 bits per heavy atom. The van der Waals surface area contributed by atoms with Crippen molar-refractivity contribution in [1.82, 2.24) is 4.57 Å². The molecule has 4 rings (SSSR count). The summed E-state index contributed by atoms with van der Waals surface area (Å²) in [7, 11) is 3.05. The Bertz CT molecular complexity index is 1680. The van der Waals surface area contributed by atoms with Gasteiger partial charge >= 0.3 is 5.97 Å². The van der Waals surface area contributed by atoms with Gasteiger partial charge in [0.05, 0.1) is 36.6 Å². The van der Waals surface area contributed by atoms with Gasteiger partial charge in [0.1, 0.15) is 17.9 Å². The van der Waals surface area contributed by atoms with Crippen LogP contribution in [0, 0.1) is 11.3 Å². The number of esters is 1. The standard InChI is InChI=1S/C29H28BrN3O6S/c1-5-7-20-25(28(35)38-6-2)26(19-16-18(30)9-11-21(19)36-3)33-27(34)24(40-29(33)32-20)15-17-8-10-22(39-13-12-31)23(14-17)37-4/h8-11,14-16,26H,5-7,13H2,1-4H3/b24-15+/t26-/m1/s1. The van der Waals surface area contributed by atoms with Crippen LogP contribution in [0.25, 0.3) is 6.08 Å². The lowest BCUT2D eigenvalue weighted by Gasteiger charge is -2.27. The second-order valence-electron chi connectivity index (χ2n) is 8.66. The SMILES string of the molecule is CCCC1=C(C(=O)OCC)[C@@H](c2cc(Br)ccc2OC)n2c(s/c(=C/c3ccc(OCC#N)c(OC)c3)c2=O)=N1. The Hall–Kier alpha value is -3.88. The lowest BCUT2D eigenvalue weighted by atomic mass is 9.93. The number of nitriles is 1. The van der Waals surface area contributed by atoms with Gasteiger partial charge in [-0.2, -0.15) is 5.26 Å². The fraction of sp³-hybridized carbons (Fsp3) is 0.310. The summed E-state index contributed by atoms with van der Waals surface area (Å²) in [6.07, 6.45) is 3.02. The van der Waals surface area contributed by atoms with Crippen LogP contribution in [-0.4, -0.2) is 38.0 Å². The summed E-state index contributed by atoms with van der Waals surface area (Å²) in [5.74, 6) is 0.866. The highest BCUT2D eigenvalue weighted by atomic mass is 79.9. The van der Waals surface area contributed by atoms with Crippen molar-refractivity contribution in [3.63, 3.8) is 0 Å². The smallest absolute Gasteiger partial charge is 0.338 e. The highest BCUT2D eigenvalue weighted by molar-refractivity contribution is 9.10. The van der Waals surface area contributed by atoms with Crippen LogP contribution < -0.4 is 29.1 Å². The fourth-order valence-electron chi connectivity index (χ4n) is 4.49. The molecule has 208 valence electrons. The summed E-state index contributed by atoms with van der Waals surface area (Å²) in [5, 5.41) is 8.83. The van der Waals surface area contributed by atoms with Crippen molar-refractivity contribution < 1.29 is 23.7 Å². The minimum Gasteiger partial charge on any atom is -0.496 e. The molecular formula is C29H28BrN3O6S. The molecule has 0 N–H and O–H groups in total. The van der Waals surface area contributed by atoms with E-state index in [-0.39, 0.29) is 18.8 Å². The van der Waals surface area contributed by atoms with Gasteiger partial charge in [-0.1, -0.05) is 46.7 Å². The molecule has 0 spiro atoms. The minimum absolute atomic E-state index is 0.115. The maximum Gasteiger partial charge on any atom is 0.338 e. The number of allylic oxidation sites excluding steroid dienone is 1. The van der Waals surface area contributed by atoms with Crippen molar-refractivity contribution >= 4 is 39.3 Å². The molecule has 1 atom stereocenters. The lowest BCUT2D eigenvalue weighted by molar-refractivity contribution is -0.139. The van der Waals surface area contributed by atoms with E-state index in [0.29, 0.717) is 55.4 Å². The molecule has 0 fully saturated rings. The van der Waals surface area contributed by atoms with Gasteiger partial charge in [0, 0.05) is 10.0 Å². The largest absolute Gasteiger partial charge is 0.496 e. The molecule has 0 bridgehead atoms. The van der Waals surface area contributed by atoms with E-state index >= 15 is 0 Å². The quantitative estimate of drug-likeness (QED) is 0.309. The van der Waals surface area contributed by atoms with Crippen molar-refractivity contribution in [1.29, 1.82) is 5.26 Å². The monoisotopic (exact) mass is 625 g/mol. The number of rotatable bonds is 10. The molecule has 40 heavy (non-hydrogen) atoms. The van der Waals surface area contributed by atoms with Crippen LogP contribution in [0.2, 0.25) is 0 Å². The fourth-order valence-corrected chi connectivity index (χ4v) is 5.89. The van der Waals surface area contributed by atoms with E-state index in [9.17, 15) is 9.59 Å². The van der Waals surface area contributed by atoms with Gasteiger partial charge in [-0.3, -0.25) is 9.36 Å². The highest BCUT2D eigenvalue weighted by Crippen LogP contribution is 2.38. The summed E-state index contributed by atoms with van der Waals surface area (Å²) < 4.78 is 24.7. The van der Waals surface area contributed by atoms with Gasteiger partial charge in [0.2, 0.25) is 0 Å². The molecule has 1 aromatic heterocycles. The molecular weight excluding hydrogens is 598 g/mol. The van der Waals surface area contributed by atoms with Gasteiger partial charge in [0.25, 0.3) is 5.56 Å². The maximum absolute atomic E-state index is 14.0. The van der Waals surface area contributed by atoms with Crippen LogP contribution >= 0.6 is 27.3 Å². The van der Waals surface area contributed by atoms with Crippen molar-refractivity contribution in [2.45, 2.75) is 32.7 Å². The van der Waals surface area contributed by atoms with Crippen molar-refractivity contribution in [3.8, 4) is 23.3 Å². The molecule has 2 aromatic carbocycles. The van der Waals surface area contributed by atoms with Crippen LogP contribution in [0.5, 0.6) is 17.2 Å². The van der Waals surface area contributed by atoms with E-state index < -0.39 is 12.0 Å². The average molecular weight is 627 g/mol. The number of hydrogen-bond donors (Lipinski definition) is 0. The number of nitrogens with zero attached hydrogens (tertiary/aromatic N) is 3. The maximum atomic E-state index is 14.0. The van der Waals surface area contributed by atoms with Gasteiger partial charge in [-0.15, -0.1) is 0 Å². The predicted molar refractivity (Wildman–Crippen MR) is 154 cm³/mol. The van der Waals surface area contributed by atoms with Crippen molar-refractivity contribution in [2.24, 2.45) is 4.99 Å². The third-order valence-electron chi connectivity index (χ3n) is 6.16. The Morgan fingerprint density at radius 1 is 1.15 bits per heavy atom. The van der Waals surface area contributed by atoms with Crippen LogP contribution in [0.4, 0.5) is 0 Å². The Morgan fingerprint density at radius 2 is 1.90 bits per heavy atom. The zero-order valence-electron chi connectivity index (χ0n) is 22.5. The van der Waals surface area contributed by atoms with E-state index in [0.717, 1.165) is 10.9 Å². The third kappa shape index (κ3) is 5.83. The second kappa shape index (κ2) is 13.0.